The third-order valence-corrected chi connectivity index (χ3v) is 4.34. The van der Waals surface area contributed by atoms with E-state index in [4.69, 9.17) is 5.26 Å². The molecule has 3 rings (SSSR count). The molecule has 0 aromatic heterocycles. The number of carbonyl (C=O) groups excluding carboxylic acids is 1. The number of rotatable bonds is 4. The standard InChI is InChI=1S/C20H21N3O/c21-13-17-8-4-9-18(12-17)20(24)22-19-10-5-11-23(15-19)14-16-6-2-1-3-7-16/h1-4,6-9,12,19H,5,10-11,14-15H2,(H,22,24)/t19-/m1/s1. The van der Waals surface area contributed by atoms with Crippen molar-refractivity contribution in [3.05, 3.63) is 71.3 Å². The average Bonchev–Trinajstić information content (AvgIpc) is 2.63. The number of hydrogen-bond donors (Lipinski definition) is 1. The lowest BCUT2D eigenvalue weighted by atomic mass is 10.0. The minimum absolute atomic E-state index is 0.0985. The second-order valence-corrected chi connectivity index (χ2v) is 6.23. The van der Waals surface area contributed by atoms with Crippen molar-refractivity contribution in [1.82, 2.24) is 10.2 Å². The summed E-state index contributed by atoms with van der Waals surface area (Å²) in [6.45, 7) is 2.83. The molecule has 1 aliphatic rings. The Kier molecular flexibility index (Phi) is 5.25. The van der Waals surface area contributed by atoms with E-state index in [2.05, 4.69) is 40.6 Å². The zero-order valence-electron chi connectivity index (χ0n) is 13.6. The minimum Gasteiger partial charge on any atom is -0.348 e. The molecule has 24 heavy (non-hydrogen) atoms. The molecule has 2 aromatic carbocycles. The van der Waals surface area contributed by atoms with Gasteiger partial charge < -0.3 is 5.32 Å². The number of likely N-dealkylation sites (tertiary alicyclic amines) is 1. The predicted molar refractivity (Wildman–Crippen MR) is 93.4 cm³/mol. The van der Waals surface area contributed by atoms with Crippen LogP contribution in [0.25, 0.3) is 0 Å². The molecule has 1 aliphatic heterocycles. The number of benzene rings is 2. The fraction of sp³-hybridized carbons (Fsp3) is 0.300. The molecule has 2 aromatic rings. The lowest BCUT2D eigenvalue weighted by molar-refractivity contribution is 0.0901. The van der Waals surface area contributed by atoms with Gasteiger partial charge in [-0.3, -0.25) is 9.69 Å². The Morgan fingerprint density at radius 2 is 2.04 bits per heavy atom. The molecule has 1 atom stereocenters. The molecule has 0 spiro atoms. The van der Waals surface area contributed by atoms with Gasteiger partial charge in [0, 0.05) is 24.7 Å². The van der Waals surface area contributed by atoms with Crippen molar-refractivity contribution in [1.29, 1.82) is 5.26 Å². The Balaban J connectivity index is 1.58. The largest absolute Gasteiger partial charge is 0.348 e. The van der Waals surface area contributed by atoms with Crippen LogP contribution >= 0.6 is 0 Å². The lowest BCUT2D eigenvalue weighted by Crippen LogP contribution is -2.47. The summed E-state index contributed by atoms with van der Waals surface area (Å²) in [7, 11) is 0. The van der Waals surface area contributed by atoms with Gasteiger partial charge in [-0.15, -0.1) is 0 Å². The van der Waals surface area contributed by atoms with Gasteiger partial charge in [0.15, 0.2) is 0 Å². The molecule has 1 heterocycles. The lowest BCUT2D eigenvalue weighted by Gasteiger charge is -2.33. The Morgan fingerprint density at radius 3 is 2.83 bits per heavy atom. The first kappa shape index (κ1) is 16.2. The van der Waals surface area contributed by atoms with Gasteiger partial charge in [-0.2, -0.15) is 5.26 Å². The highest BCUT2D eigenvalue weighted by atomic mass is 16.1. The van der Waals surface area contributed by atoms with E-state index < -0.39 is 0 Å². The van der Waals surface area contributed by atoms with Crippen molar-refractivity contribution in [3.8, 4) is 6.07 Å². The summed E-state index contributed by atoms with van der Waals surface area (Å²) in [5.41, 5.74) is 2.36. The number of nitrogens with one attached hydrogen (secondary N) is 1. The van der Waals surface area contributed by atoms with Gasteiger partial charge in [0.25, 0.3) is 5.91 Å². The van der Waals surface area contributed by atoms with Crippen LogP contribution in [0.5, 0.6) is 0 Å². The van der Waals surface area contributed by atoms with Gasteiger partial charge in [-0.25, -0.2) is 0 Å². The molecule has 122 valence electrons. The zero-order valence-corrected chi connectivity index (χ0v) is 13.6. The van der Waals surface area contributed by atoms with Crippen LogP contribution in [-0.4, -0.2) is 29.9 Å². The van der Waals surface area contributed by atoms with Gasteiger partial charge in [0.2, 0.25) is 0 Å². The minimum atomic E-state index is -0.0985. The predicted octanol–water partition coefficient (Wildman–Crippen LogP) is 2.95. The van der Waals surface area contributed by atoms with Crippen LogP contribution in [0, 0.1) is 11.3 Å². The first-order valence-electron chi connectivity index (χ1n) is 8.32. The summed E-state index contributed by atoms with van der Waals surface area (Å²) in [6.07, 6.45) is 2.07. The van der Waals surface area contributed by atoms with Crippen molar-refractivity contribution in [3.63, 3.8) is 0 Å². The zero-order chi connectivity index (χ0) is 16.8. The van der Waals surface area contributed by atoms with Crippen LogP contribution < -0.4 is 5.32 Å². The van der Waals surface area contributed by atoms with Crippen molar-refractivity contribution in [2.75, 3.05) is 13.1 Å². The maximum Gasteiger partial charge on any atom is 0.251 e. The average molecular weight is 319 g/mol. The highest BCUT2D eigenvalue weighted by Crippen LogP contribution is 2.14. The van der Waals surface area contributed by atoms with Crippen molar-refractivity contribution in [2.45, 2.75) is 25.4 Å². The fourth-order valence-corrected chi connectivity index (χ4v) is 3.16. The monoisotopic (exact) mass is 319 g/mol. The van der Waals surface area contributed by atoms with E-state index in [1.54, 1.807) is 24.3 Å². The first-order valence-corrected chi connectivity index (χ1v) is 8.32. The van der Waals surface area contributed by atoms with E-state index >= 15 is 0 Å². The molecule has 1 amide bonds. The van der Waals surface area contributed by atoms with Crippen molar-refractivity contribution < 1.29 is 4.79 Å². The smallest absolute Gasteiger partial charge is 0.251 e. The van der Waals surface area contributed by atoms with E-state index in [1.165, 1.54) is 5.56 Å². The highest BCUT2D eigenvalue weighted by Gasteiger charge is 2.22. The summed E-state index contributed by atoms with van der Waals surface area (Å²) in [4.78, 5) is 14.8. The number of nitrogens with zero attached hydrogens (tertiary/aromatic N) is 2. The van der Waals surface area contributed by atoms with Crippen LogP contribution in [0.3, 0.4) is 0 Å². The second kappa shape index (κ2) is 7.76. The topological polar surface area (TPSA) is 56.1 Å². The van der Waals surface area contributed by atoms with E-state index in [9.17, 15) is 4.79 Å². The number of amides is 1. The number of carbonyl (C=O) groups is 1. The fourth-order valence-electron chi connectivity index (χ4n) is 3.16. The van der Waals surface area contributed by atoms with Gasteiger partial charge in [-0.05, 0) is 43.1 Å². The summed E-state index contributed by atoms with van der Waals surface area (Å²) in [5.74, 6) is -0.0985. The van der Waals surface area contributed by atoms with Gasteiger partial charge >= 0.3 is 0 Å². The molecule has 0 unspecified atom stereocenters. The maximum absolute atomic E-state index is 12.4. The van der Waals surface area contributed by atoms with Gasteiger partial charge in [0.05, 0.1) is 11.6 Å². The molecule has 0 bridgehead atoms. The second-order valence-electron chi connectivity index (χ2n) is 6.23. The SMILES string of the molecule is N#Cc1cccc(C(=O)N[C@@H]2CCCN(Cc3ccccc3)C2)c1. The molecule has 1 saturated heterocycles. The Labute approximate surface area is 142 Å². The quantitative estimate of drug-likeness (QED) is 0.942. The molecular weight excluding hydrogens is 298 g/mol. The molecule has 0 saturated carbocycles. The Hall–Kier alpha value is -2.64. The van der Waals surface area contributed by atoms with E-state index in [-0.39, 0.29) is 11.9 Å². The van der Waals surface area contributed by atoms with Crippen LogP contribution in [0.1, 0.15) is 34.3 Å². The molecule has 0 aliphatic carbocycles. The van der Waals surface area contributed by atoms with E-state index in [1.807, 2.05) is 6.07 Å². The van der Waals surface area contributed by atoms with Crippen LogP contribution in [0.15, 0.2) is 54.6 Å². The maximum atomic E-state index is 12.4. The number of hydrogen-bond acceptors (Lipinski definition) is 3. The summed E-state index contributed by atoms with van der Waals surface area (Å²) < 4.78 is 0. The van der Waals surface area contributed by atoms with E-state index in [0.29, 0.717) is 11.1 Å². The Morgan fingerprint density at radius 1 is 1.21 bits per heavy atom. The molecule has 4 nitrogen and oxygen atoms in total. The molecule has 0 radical (unpaired) electrons. The van der Waals surface area contributed by atoms with Gasteiger partial charge in [-0.1, -0.05) is 36.4 Å². The molecule has 1 fully saturated rings. The normalized spacial score (nSPS) is 17.9. The third kappa shape index (κ3) is 4.21. The van der Waals surface area contributed by atoms with Crippen LogP contribution in [-0.2, 0) is 6.54 Å². The summed E-state index contributed by atoms with van der Waals surface area (Å²) >= 11 is 0. The molecular formula is C20H21N3O. The van der Waals surface area contributed by atoms with Crippen molar-refractivity contribution in [2.24, 2.45) is 0 Å². The molecule has 4 heteroatoms. The summed E-state index contributed by atoms with van der Waals surface area (Å²) in [6, 6.07) is 19.5. The Bertz CT molecular complexity index is 736. The molecule has 1 N–H and O–H groups in total. The van der Waals surface area contributed by atoms with Gasteiger partial charge in [0.1, 0.15) is 0 Å². The van der Waals surface area contributed by atoms with Crippen LogP contribution in [0.4, 0.5) is 0 Å². The van der Waals surface area contributed by atoms with Crippen LogP contribution in [0.2, 0.25) is 0 Å². The van der Waals surface area contributed by atoms with E-state index in [0.717, 1.165) is 32.5 Å². The van der Waals surface area contributed by atoms with Crippen molar-refractivity contribution >= 4 is 5.91 Å². The number of piperidine rings is 1. The summed E-state index contributed by atoms with van der Waals surface area (Å²) in [5, 5.41) is 12.1. The first-order chi connectivity index (χ1) is 11.7. The third-order valence-electron chi connectivity index (χ3n) is 4.34. The number of nitriles is 1. The highest BCUT2D eigenvalue weighted by molar-refractivity contribution is 5.94.